The van der Waals surface area contributed by atoms with Crippen LogP contribution in [0.4, 0.5) is 11.4 Å². The topological polar surface area (TPSA) is 105 Å². The summed E-state index contributed by atoms with van der Waals surface area (Å²) in [6, 6.07) is 19.2. The lowest BCUT2D eigenvalue weighted by Gasteiger charge is -2.36. The molecule has 1 aliphatic rings. The Balaban J connectivity index is 0.00000420. The van der Waals surface area contributed by atoms with E-state index >= 15 is 0 Å². The SMILES string of the molecule is CNC(C)(C(N)=O)[C@@H]1CN(C(=O)CC(C)C)c2ccccc2N(Cc2c(OC)ccc3ccccc23)C1=O.Cl. The van der Waals surface area contributed by atoms with Gasteiger partial charge in [0, 0.05) is 18.5 Å². The summed E-state index contributed by atoms with van der Waals surface area (Å²) in [5.41, 5.74) is 6.51. The highest BCUT2D eigenvalue weighted by atomic mass is 35.5. The fourth-order valence-corrected chi connectivity index (χ4v) is 5.17. The first-order valence-electron chi connectivity index (χ1n) is 12.9. The van der Waals surface area contributed by atoms with Gasteiger partial charge in [-0.25, -0.2) is 0 Å². The minimum atomic E-state index is -1.39. The van der Waals surface area contributed by atoms with Crippen molar-refractivity contribution < 1.29 is 19.1 Å². The third kappa shape index (κ3) is 5.58. The Labute approximate surface area is 235 Å². The maximum Gasteiger partial charge on any atom is 0.238 e. The van der Waals surface area contributed by atoms with E-state index in [4.69, 9.17) is 10.5 Å². The molecular formula is C30H37ClN4O4. The third-order valence-electron chi connectivity index (χ3n) is 7.54. The maximum absolute atomic E-state index is 14.4. The summed E-state index contributed by atoms with van der Waals surface area (Å²) in [6.07, 6.45) is 0.305. The number of amides is 3. The Hall–Kier alpha value is -3.62. The molecule has 1 heterocycles. The van der Waals surface area contributed by atoms with E-state index in [9.17, 15) is 14.4 Å². The average Bonchev–Trinajstić information content (AvgIpc) is 3.02. The zero-order chi connectivity index (χ0) is 27.6. The number of nitrogens with one attached hydrogen (secondary N) is 1. The monoisotopic (exact) mass is 552 g/mol. The molecule has 0 saturated carbocycles. The van der Waals surface area contributed by atoms with Gasteiger partial charge < -0.3 is 25.6 Å². The molecule has 4 rings (SSSR count). The molecule has 0 aliphatic carbocycles. The lowest BCUT2D eigenvalue weighted by Crippen LogP contribution is -2.63. The molecule has 3 aromatic carbocycles. The molecule has 1 aliphatic heterocycles. The second-order valence-corrected chi connectivity index (χ2v) is 10.4. The van der Waals surface area contributed by atoms with Gasteiger partial charge in [-0.15, -0.1) is 12.4 Å². The first-order valence-corrected chi connectivity index (χ1v) is 12.9. The molecule has 0 spiro atoms. The molecule has 0 saturated heterocycles. The van der Waals surface area contributed by atoms with Crippen molar-refractivity contribution in [2.24, 2.45) is 17.6 Å². The van der Waals surface area contributed by atoms with Crippen molar-refractivity contribution in [3.63, 3.8) is 0 Å². The summed E-state index contributed by atoms with van der Waals surface area (Å²) in [7, 11) is 3.21. The van der Waals surface area contributed by atoms with Crippen molar-refractivity contribution in [1.29, 1.82) is 0 Å². The Kier molecular flexibility index (Phi) is 9.25. The summed E-state index contributed by atoms with van der Waals surface area (Å²) < 4.78 is 5.72. The Bertz CT molecular complexity index is 1380. The zero-order valence-electron chi connectivity index (χ0n) is 23.1. The van der Waals surface area contributed by atoms with Gasteiger partial charge in [0.2, 0.25) is 17.7 Å². The molecule has 1 unspecified atom stereocenters. The zero-order valence-corrected chi connectivity index (χ0v) is 23.9. The van der Waals surface area contributed by atoms with E-state index in [-0.39, 0.29) is 43.2 Å². The van der Waals surface area contributed by atoms with Crippen molar-refractivity contribution in [2.45, 2.75) is 39.3 Å². The van der Waals surface area contributed by atoms with Crippen LogP contribution in [0.25, 0.3) is 10.8 Å². The van der Waals surface area contributed by atoms with Gasteiger partial charge in [-0.1, -0.05) is 56.3 Å². The van der Waals surface area contributed by atoms with Crippen LogP contribution >= 0.6 is 12.4 Å². The maximum atomic E-state index is 14.4. The van der Waals surface area contributed by atoms with Gasteiger partial charge in [0.15, 0.2) is 0 Å². The largest absolute Gasteiger partial charge is 0.496 e. The predicted octanol–water partition coefficient (Wildman–Crippen LogP) is 4.28. The lowest BCUT2D eigenvalue weighted by molar-refractivity contribution is -0.133. The number of nitrogens with two attached hydrogens (primary N) is 1. The van der Waals surface area contributed by atoms with E-state index in [0.717, 1.165) is 16.3 Å². The van der Waals surface area contributed by atoms with Gasteiger partial charge in [0.1, 0.15) is 11.3 Å². The standard InChI is InChI=1S/C30H36N4O4.ClH/c1-19(2)16-27(35)33-18-23(30(3,32-4)29(31)37)28(36)34(25-13-9-8-12-24(25)33)17-22-21-11-7-6-10-20(21)14-15-26(22)38-5;/h6-15,19,23,32H,16-18H2,1-5H3,(H2,31,37);1H/t23-,30?;/m1./s1. The van der Waals surface area contributed by atoms with E-state index in [2.05, 4.69) is 5.32 Å². The normalized spacial score (nSPS) is 16.8. The van der Waals surface area contributed by atoms with Gasteiger partial charge in [-0.3, -0.25) is 14.4 Å². The molecule has 0 bridgehead atoms. The number of para-hydroxylation sites is 2. The Morgan fingerprint density at radius 2 is 1.72 bits per heavy atom. The van der Waals surface area contributed by atoms with Crippen molar-refractivity contribution >= 4 is 52.3 Å². The number of rotatable bonds is 8. The summed E-state index contributed by atoms with van der Waals surface area (Å²) in [5.74, 6) is -1.25. The quantitative estimate of drug-likeness (QED) is 0.434. The average molecular weight is 553 g/mol. The Morgan fingerprint density at radius 1 is 1.08 bits per heavy atom. The van der Waals surface area contributed by atoms with Crippen LogP contribution in [0, 0.1) is 11.8 Å². The van der Waals surface area contributed by atoms with Crippen LogP contribution in [-0.4, -0.2) is 44.0 Å². The van der Waals surface area contributed by atoms with E-state index < -0.39 is 17.4 Å². The molecule has 208 valence electrons. The first-order chi connectivity index (χ1) is 18.1. The molecule has 3 aromatic rings. The number of ether oxygens (including phenoxy) is 1. The molecule has 0 fully saturated rings. The number of primary amides is 1. The lowest BCUT2D eigenvalue weighted by atomic mass is 9.83. The van der Waals surface area contributed by atoms with Crippen LogP contribution in [0.3, 0.4) is 0 Å². The smallest absolute Gasteiger partial charge is 0.238 e. The van der Waals surface area contributed by atoms with Crippen molar-refractivity contribution in [2.75, 3.05) is 30.5 Å². The van der Waals surface area contributed by atoms with Crippen LogP contribution < -0.4 is 25.6 Å². The third-order valence-corrected chi connectivity index (χ3v) is 7.54. The van der Waals surface area contributed by atoms with Crippen molar-refractivity contribution in [3.8, 4) is 5.75 Å². The summed E-state index contributed by atoms with van der Waals surface area (Å²) in [5, 5.41) is 4.96. The van der Waals surface area contributed by atoms with E-state index in [1.165, 1.54) is 0 Å². The second-order valence-electron chi connectivity index (χ2n) is 10.4. The number of carbonyl (C=O) groups is 3. The molecule has 39 heavy (non-hydrogen) atoms. The van der Waals surface area contributed by atoms with Crippen molar-refractivity contribution in [1.82, 2.24) is 5.32 Å². The van der Waals surface area contributed by atoms with Crippen LogP contribution in [0.1, 0.15) is 32.8 Å². The number of likely N-dealkylation sites (N-methyl/N-ethyl adjacent to an activating group) is 1. The highest BCUT2D eigenvalue weighted by molar-refractivity contribution is 6.08. The number of benzene rings is 3. The number of hydrogen-bond donors (Lipinski definition) is 2. The number of anilines is 2. The summed E-state index contributed by atoms with van der Waals surface area (Å²) in [4.78, 5) is 44.0. The van der Waals surface area contributed by atoms with E-state index in [1.807, 2.05) is 74.5 Å². The molecule has 3 amide bonds. The fourth-order valence-electron chi connectivity index (χ4n) is 5.17. The minimum Gasteiger partial charge on any atom is -0.496 e. The van der Waals surface area contributed by atoms with Gasteiger partial charge >= 0.3 is 0 Å². The summed E-state index contributed by atoms with van der Waals surface area (Å²) in [6.45, 7) is 5.77. The van der Waals surface area contributed by atoms with Crippen LogP contribution in [0.5, 0.6) is 5.75 Å². The van der Waals surface area contributed by atoms with Crippen LogP contribution in [-0.2, 0) is 20.9 Å². The fraction of sp³-hybridized carbons (Fsp3) is 0.367. The van der Waals surface area contributed by atoms with Crippen LogP contribution in [0.2, 0.25) is 0 Å². The van der Waals surface area contributed by atoms with Gasteiger partial charge in [0.05, 0.1) is 30.9 Å². The predicted molar refractivity (Wildman–Crippen MR) is 157 cm³/mol. The highest BCUT2D eigenvalue weighted by Gasteiger charge is 2.48. The van der Waals surface area contributed by atoms with Gasteiger partial charge in [0.25, 0.3) is 0 Å². The number of fused-ring (bicyclic) bond motifs is 2. The molecule has 3 N–H and O–H groups in total. The van der Waals surface area contributed by atoms with Gasteiger partial charge in [-0.05, 0) is 48.9 Å². The molecule has 2 atom stereocenters. The summed E-state index contributed by atoms with van der Waals surface area (Å²) >= 11 is 0. The number of halogens is 1. The highest BCUT2D eigenvalue weighted by Crippen LogP contribution is 2.40. The van der Waals surface area contributed by atoms with Crippen molar-refractivity contribution in [3.05, 3.63) is 66.2 Å². The minimum absolute atomic E-state index is 0. The van der Waals surface area contributed by atoms with Crippen LogP contribution in [0.15, 0.2) is 60.7 Å². The second kappa shape index (κ2) is 12.1. The van der Waals surface area contributed by atoms with E-state index in [0.29, 0.717) is 23.5 Å². The molecule has 0 radical (unpaired) electrons. The Morgan fingerprint density at radius 3 is 2.33 bits per heavy atom. The van der Waals surface area contributed by atoms with E-state index in [1.54, 1.807) is 30.9 Å². The number of methoxy groups -OCH3 is 1. The molecule has 9 heteroatoms. The number of carbonyl (C=O) groups excluding carboxylic acids is 3. The number of nitrogens with zero attached hydrogens (tertiary/aromatic N) is 2. The molecule has 8 nitrogen and oxygen atoms in total. The number of hydrogen-bond acceptors (Lipinski definition) is 5. The first kappa shape index (κ1) is 29.9. The molecule has 0 aromatic heterocycles. The molecular weight excluding hydrogens is 516 g/mol. The van der Waals surface area contributed by atoms with Gasteiger partial charge in [-0.2, -0.15) is 0 Å².